The molecule has 0 aromatic rings. The monoisotopic (exact) mass is 202 g/mol. The molecule has 0 aliphatic rings. The first-order valence-electron chi connectivity index (χ1n) is 5.61. The Morgan fingerprint density at radius 3 is 2.14 bits per heavy atom. The standard InChI is InChI=1S/C11H26N2O/c1-5-11(6-2,9-12)13(4)8-7-10(3)14/h10,14H,5-9,12H2,1-4H3. The molecule has 0 spiro atoms. The van der Waals surface area contributed by atoms with Crippen LogP contribution in [0.25, 0.3) is 0 Å². The average Bonchev–Trinajstić information content (AvgIpc) is 2.18. The maximum atomic E-state index is 9.23. The van der Waals surface area contributed by atoms with E-state index in [-0.39, 0.29) is 11.6 Å². The number of rotatable bonds is 7. The molecule has 3 N–H and O–H groups in total. The fraction of sp³-hybridized carbons (Fsp3) is 1.00. The van der Waals surface area contributed by atoms with Gasteiger partial charge in [-0.05, 0) is 33.2 Å². The van der Waals surface area contributed by atoms with E-state index in [0.717, 1.165) is 25.8 Å². The molecule has 0 bridgehead atoms. The number of aliphatic hydroxyl groups is 1. The lowest BCUT2D eigenvalue weighted by molar-refractivity contribution is 0.0898. The molecule has 1 unspecified atom stereocenters. The Balaban J connectivity index is 4.21. The van der Waals surface area contributed by atoms with Crippen LogP contribution in [-0.4, -0.2) is 41.8 Å². The van der Waals surface area contributed by atoms with Gasteiger partial charge in [0.15, 0.2) is 0 Å². The minimum atomic E-state index is -0.221. The zero-order valence-corrected chi connectivity index (χ0v) is 10.1. The highest BCUT2D eigenvalue weighted by Crippen LogP contribution is 2.21. The molecule has 0 aliphatic heterocycles. The van der Waals surface area contributed by atoms with Gasteiger partial charge in [-0.3, -0.25) is 4.90 Å². The molecule has 0 rings (SSSR count). The minimum absolute atomic E-state index is 0.120. The van der Waals surface area contributed by atoms with Crippen LogP contribution in [0.15, 0.2) is 0 Å². The van der Waals surface area contributed by atoms with Crippen molar-refractivity contribution in [2.45, 2.75) is 51.7 Å². The van der Waals surface area contributed by atoms with E-state index in [0.29, 0.717) is 6.54 Å². The molecule has 0 aliphatic carbocycles. The van der Waals surface area contributed by atoms with Gasteiger partial charge in [0.05, 0.1) is 6.10 Å². The van der Waals surface area contributed by atoms with Gasteiger partial charge in [-0.25, -0.2) is 0 Å². The summed E-state index contributed by atoms with van der Waals surface area (Å²) in [6.45, 7) is 7.78. The van der Waals surface area contributed by atoms with Crippen molar-refractivity contribution in [2.24, 2.45) is 5.73 Å². The van der Waals surface area contributed by atoms with Crippen LogP contribution >= 0.6 is 0 Å². The van der Waals surface area contributed by atoms with Crippen LogP contribution in [0.2, 0.25) is 0 Å². The van der Waals surface area contributed by atoms with E-state index in [1.807, 2.05) is 6.92 Å². The van der Waals surface area contributed by atoms with Crippen LogP contribution in [0.5, 0.6) is 0 Å². The zero-order chi connectivity index (χ0) is 11.2. The predicted molar refractivity (Wildman–Crippen MR) is 61.3 cm³/mol. The number of nitrogens with two attached hydrogens (primary N) is 1. The van der Waals surface area contributed by atoms with Gasteiger partial charge < -0.3 is 10.8 Å². The summed E-state index contributed by atoms with van der Waals surface area (Å²) >= 11 is 0. The Kier molecular flexibility index (Phi) is 6.33. The summed E-state index contributed by atoms with van der Waals surface area (Å²) < 4.78 is 0. The van der Waals surface area contributed by atoms with Crippen LogP contribution in [0.4, 0.5) is 0 Å². The van der Waals surface area contributed by atoms with Crippen molar-refractivity contribution in [1.82, 2.24) is 4.90 Å². The number of hydrogen-bond donors (Lipinski definition) is 2. The van der Waals surface area contributed by atoms with Gasteiger partial charge in [0.1, 0.15) is 0 Å². The van der Waals surface area contributed by atoms with Gasteiger partial charge in [0.25, 0.3) is 0 Å². The number of aliphatic hydroxyl groups excluding tert-OH is 1. The van der Waals surface area contributed by atoms with Crippen molar-refractivity contribution >= 4 is 0 Å². The Morgan fingerprint density at radius 2 is 1.86 bits per heavy atom. The first kappa shape index (κ1) is 13.9. The maximum absolute atomic E-state index is 9.23. The molecule has 0 aromatic carbocycles. The molecule has 0 aromatic heterocycles. The third kappa shape index (κ3) is 3.56. The molecule has 0 heterocycles. The first-order valence-corrected chi connectivity index (χ1v) is 5.61. The molecule has 0 saturated carbocycles. The third-order valence-corrected chi connectivity index (χ3v) is 3.39. The van der Waals surface area contributed by atoms with Gasteiger partial charge in [-0.15, -0.1) is 0 Å². The lowest BCUT2D eigenvalue weighted by Gasteiger charge is -2.40. The van der Waals surface area contributed by atoms with Crippen molar-refractivity contribution in [3.05, 3.63) is 0 Å². The van der Waals surface area contributed by atoms with Gasteiger partial charge in [0.2, 0.25) is 0 Å². The molecule has 86 valence electrons. The average molecular weight is 202 g/mol. The Hall–Kier alpha value is -0.120. The molecule has 3 heteroatoms. The number of hydrogen-bond acceptors (Lipinski definition) is 3. The molecular formula is C11H26N2O. The van der Waals surface area contributed by atoms with Crippen LogP contribution in [0.3, 0.4) is 0 Å². The molecule has 0 amide bonds. The second-order valence-electron chi connectivity index (χ2n) is 4.19. The molecule has 0 fully saturated rings. The smallest absolute Gasteiger partial charge is 0.0524 e. The first-order chi connectivity index (χ1) is 6.52. The molecule has 0 saturated heterocycles. The lowest BCUT2D eigenvalue weighted by Crippen LogP contribution is -2.51. The van der Waals surface area contributed by atoms with Crippen LogP contribution in [-0.2, 0) is 0 Å². The third-order valence-electron chi connectivity index (χ3n) is 3.39. The largest absolute Gasteiger partial charge is 0.393 e. The second-order valence-corrected chi connectivity index (χ2v) is 4.19. The Morgan fingerprint density at radius 1 is 1.36 bits per heavy atom. The summed E-state index contributed by atoms with van der Waals surface area (Å²) in [5, 5.41) is 9.23. The highest BCUT2D eigenvalue weighted by Gasteiger charge is 2.28. The van der Waals surface area contributed by atoms with Gasteiger partial charge in [-0.2, -0.15) is 0 Å². The van der Waals surface area contributed by atoms with E-state index >= 15 is 0 Å². The quantitative estimate of drug-likeness (QED) is 0.652. The van der Waals surface area contributed by atoms with Gasteiger partial charge in [0, 0.05) is 18.6 Å². The van der Waals surface area contributed by atoms with Crippen molar-refractivity contribution in [1.29, 1.82) is 0 Å². The van der Waals surface area contributed by atoms with Gasteiger partial charge in [-0.1, -0.05) is 13.8 Å². The Bertz CT molecular complexity index is 136. The fourth-order valence-corrected chi connectivity index (χ4v) is 1.85. The molecule has 3 nitrogen and oxygen atoms in total. The summed E-state index contributed by atoms with van der Waals surface area (Å²) in [4.78, 5) is 2.29. The van der Waals surface area contributed by atoms with Crippen molar-refractivity contribution in [3.8, 4) is 0 Å². The van der Waals surface area contributed by atoms with Crippen molar-refractivity contribution in [2.75, 3.05) is 20.1 Å². The zero-order valence-electron chi connectivity index (χ0n) is 10.1. The van der Waals surface area contributed by atoms with Crippen LogP contribution < -0.4 is 5.73 Å². The topological polar surface area (TPSA) is 49.5 Å². The molecule has 0 radical (unpaired) electrons. The fourth-order valence-electron chi connectivity index (χ4n) is 1.85. The normalized spacial score (nSPS) is 14.8. The molecule has 1 atom stereocenters. The van der Waals surface area contributed by atoms with E-state index in [9.17, 15) is 5.11 Å². The van der Waals surface area contributed by atoms with E-state index < -0.39 is 0 Å². The van der Waals surface area contributed by atoms with E-state index in [2.05, 4.69) is 25.8 Å². The molecule has 14 heavy (non-hydrogen) atoms. The minimum Gasteiger partial charge on any atom is -0.393 e. The van der Waals surface area contributed by atoms with Crippen LogP contribution in [0, 0.1) is 0 Å². The number of nitrogens with zero attached hydrogens (tertiary/aromatic N) is 1. The predicted octanol–water partition coefficient (Wildman–Crippen LogP) is 1.21. The summed E-state index contributed by atoms with van der Waals surface area (Å²) in [6, 6.07) is 0. The number of likely N-dealkylation sites (N-methyl/N-ethyl adjacent to an activating group) is 1. The van der Waals surface area contributed by atoms with Crippen molar-refractivity contribution < 1.29 is 5.11 Å². The van der Waals surface area contributed by atoms with Crippen LogP contribution in [0.1, 0.15) is 40.0 Å². The highest BCUT2D eigenvalue weighted by molar-refractivity contribution is 4.87. The van der Waals surface area contributed by atoms with E-state index in [1.54, 1.807) is 0 Å². The SMILES string of the molecule is CCC(CC)(CN)N(C)CCC(C)O. The summed E-state index contributed by atoms with van der Waals surface area (Å²) in [5.74, 6) is 0. The summed E-state index contributed by atoms with van der Waals surface area (Å²) in [7, 11) is 2.10. The van der Waals surface area contributed by atoms with E-state index in [1.165, 1.54) is 0 Å². The second kappa shape index (κ2) is 6.38. The van der Waals surface area contributed by atoms with E-state index in [4.69, 9.17) is 5.73 Å². The lowest BCUT2D eigenvalue weighted by atomic mass is 9.91. The summed E-state index contributed by atoms with van der Waals surface area (Å²) in [5.41, 5.74) is 5.95. The Labute approximate surface area is 88.3 Å². The van der Waals surface area contributed by atoms with Gasteiger partial charge >= 0.3 is 0 Å². The summed E-state index contributed by atoms with van der Waals surface area (Å²) in [6.07, 6.45) is 2.73. The maximum Gasteiger partial charge on any atom is 0.0524 e. The highest BCUT2D eigenvalue weighted by atomic mass is 16.3. The molecular weight excluding hydrogens is 176 g/mol. The van der Waals surface area contributed by atoms with Crippen molar-refractivity contribution in [3.63, 3.8) is 0 Å².